The molecule has 3 atom stereocenters. The van der Waals surface area contributed by atoms with Crippen molar-refractivity contribution in [2.75, 3.05) is 5.73 Å². The number of fused-ring (bicyclic) bond motifs is 2. The van der Waals surface area contributed by atoms with Crippen molar-refractivity contribution in [1.82, 2.24) is 9.78 Å². The molecule has 0 radical (unpaired) electrons. The van der Waals surface area contributed by atoms with Crippen molar-refractivity contribution < 1.29 is 0 Å². The molecule has 4 heteroatoms. The number of nitrogen functional groups attached to an aromatic ring is 1. The van der Waals surface area contributed by atoms with Gasteiger partial charge in [0.1, 0.15) is 5.82 Å². The maximum absolute atomic E-state index is 6.41. The van der Waals surface area contributed by atoms with Crippen LogP contribution in [0.1, 0.15) is 37.3 Å². The third kappa shape index (κ3) is 1.98. The first-order valence-electron chi connectivity index (χ1n) is 7.72. The van der Waals surface area contributed by atoms with Gasteiger partial charge in [0.15, 0.2) is 0 Å². The molecule has 1 heterocycles. The number of aryl methyl sites for hydroxylation is 1. The topological polar surface area (TPSA) is 43.8 Å². The fourth-order valence-corrected chi connectivity index (χ4v) is 4.57. The second kappa shape index (κ2) is 4.77. The zero-order chi connectivity index (χ0) is 14.6. The Morgan fingerprint density at radius 2 is 2.05 bits per heavy atom. The van der Waals surface area contributed by atoms with E-state index < -0.39 is 0 Å². The third-order valence-corrected chi connectivity index (χ3v) is 5.68. The Labute approximate surface area is 130 Å². The SMILES string of the molecule is Cn1nc(C2CC3CCC2C3)c(-c2ccccc2Cl)c1N. The molecule has 4 rings (SSSR count). The fraction of sp³-hybridized carbons (Fsp3) is 0.471. The molecule has 0 amide bonds. The Morgan fingerprint density at radius 1 is 1.24 bits per heavy atom. The lowest BCUT2D eigenvalue weighted by Gasteiger charge is -2.21. The van der Waals surface area contributed by atoms with Crippen LogP contribution in [0.15, 0.2) is 24.3 Å². The quantitative estimate of drug-likeness (QED) is 0.902. The lowest BCUT2D eigenvalue weighted by atomic mass is 9.84. The Balaban J connectivity index is 1.85. The molecular formula is C17H20ClN3. The van der Waals surface area contributed by atoms with Crippen LogP contribution in [0, 0.1) is 11.8 Å². The molecule has 0 saturated heterocycles. The summed E-state index contributed by atoms with van der Waals surface area (Å²) in [5.74, 6) is 2.95. The van der Waals surface area contributed by atoms with Gasteiger partial charge in [-0.2, -0.15) is 5.10 Å². The monoisotopic (exact) mass is 301 g/mol. The van der Waals surface area contributed by atoms with Gasteiger partial charge in [-0.05, 0) is 37.2 Å². The molecule has 2 aliphatic rings. The van der Waals surface area contributed by atoms with Gasteiger partial charge in [-0.3, -0.25) is 4.68 Å². The first kappa shape index (κ1) is 13.2. The number of benzene rings is 1. The predicted molar refractivity (Wildman–Crippen MR) is 86.3 cm³/mol. The van der Waals surface area contributed by atoms with Crippen LogP contribution in [0.5, 0.6) is 0 Å². The van der Waals surface area contributed by atoms with Crippen LogP contribution >= 0.6 is 11.6 Å². The lowest BCUT2D eigenvalue weighted by molar-refractivity contribution is 0.411. The third-order valence-electron chi connectivity index (χ3n) is 5.35. The highest BCUT2D eigenvalue weighted by Crippen LogP contribution is 2.54. The van der Waals surface area contributed by atoms with E-state index in [1.165, 1.54) is 25.7 Å². The number of rotatable bonds is 2. The standard InChI is InChI=1S/C17H20ClN3/c1-21-17(19)15(12-4-2-3-5-14(12)18)16(20-21)13-9-10-6-7-11(13)8-10/h2-5,10-11,13H,6-9,19H2,1H3. The summed E-state index contributed by atoms with van der Waals surface area (Å²) in [5.41, 5.74) is 9.55. The molecule has 2 N–H and O–H groups in total. The molecule has 0 aliphatic heterocycles. The Hall–Kier alpha value is -1.48. The average Bonchev–Trinajstić information content (AvgIpc) is 3.16. The molecule has 2 fully saturated rings. The Morgan fingerprint density at radius 3 is 2.71 bits per heavy atom. The second-order valence-corrected chi connectivity index (χ2v) is 6.94. The van der Waals surface area contributed by atoms with Gasteiger partial charge < -0.3 is 5.73 Å². The van der Waals surface area contributed by atoms with Crippen molar-refractivity contribution in [3.05, 3.63) is 35.0 Å². The number of hydrogen-bond acceptors (Lipinski definition) is 2. The van der Waals surface area contributed by atoms with E-state index in [4.69, 9.17) is 22.4 Å². The summed E-state index contributed by atoms with van der Waals surface area (Å²) in [6.07, 6.45) is 5.36. The summed E-state index contributed by atoms with van der Waals surface area (Å²) in [6.45, 7) is 0. The molecule has 3 unspecified atom stereocenters. The number of anilines is 1. The van der Waals surface area contributed by atoms with E-state index in [2.05, 4.69) is 0 Å². The number of nitrogens with zero attached hydrogens (tertiary/aromatic N) is 2. The Kier molecular flexibility index (Phi) is 3.00. The van der Waals surface area contributed by atoms with E-state index in [1.54, 1.807) is 4.68 Å². The average molecular weight is 302 g/mol. The molecule has 0 spiro atoms. The van der Waals surface area contributed by atoms with Crippen LogP contribution in [0.2, 0.25) is 5.02 Å². The zero-order valence-electron chi connectivity index (χ0n) is 12.2. The van der Waals surface area contributed by atoms with Crippen molar-refractivity contribution in [2.45, 2.75) is 31.6 Å². The maximum Gasteiger partial charge on any atom is 0.129 e. The van der Waals surface area contributed by atoms with Crippen LogP contribution in [0.3, 0.4) is 0 Å². The summed E-state index contributed by atoms with van der Waals surface area (Å²) < 4.78 is 1.81. The van der Waals surface area contributed by atoms with Crippen molar-refractivity contribution in [2.24, 2.45) is 18.9 Å². The van der Waals surface area contributed by atoms with Crippen molar-refractivity contribution in [1.29, 1.82) is 0 Å². The van der Waals surface area contributed by atoms with Crippen LogP contribution in [0.4, 0.5) is 5.82 Å². The molecule has 2 bridgehead atoms. The predicted octanol–water partition coefficient (Wildman–Crippen LogP) is 4.23. The van der Waals surface area contributed by atoms with Crippen molar-refractivity contribution in [3.8, 4) is 11.1 Å². The number of nitrogens with two attached hydrogens (primary N) is 1. The summed E-state index contributed by atoms with van der Waals surface area (Å²) in [5, 5.41) is 5.51. The summed E-state index contributed by atoms with van der Waals surface area (Å²) in [4.78, 5) is 0. The molecule has 1 aromatic heterocycles. The highest BCUT2D eigenvalue weighted by molar-refractivity contribution is 6.33. The molecule has 21 heavy (non-hydrogen) atoms. The van der Waals surface area contributed by atoms with Crippen LogP contribution in [0.25, 0.3) is 11.1 Å². The number of aromatic nitrogens is 2. The lowest BCUT2D eigenvalue weighted by Crippen LogP contribution is -2.10. The van der Waals surface area contributed by atoms with Crippen molar-refractivity contribution in [3.63, 3.8) is 0 Å². The molecule has 3 nitrogen and oxygen atoms in total. The van der Waals surface area contributed by atoms with Gasteiger partial charge in [-0.25, -0.2) is 0 Å². The molecule has 2 saturated carbocycles. The molecule has 110 valence electrons. The van der Waals surface area contributed by atoms with Crippen LogP contribution < -0.4 is 5.73 Å². The van der Waals surface area contributed by atoms with Gasteiger partial charge in [-0.15, -0.1) is 0 Å². The highest BCUT2D eigenvalue weighted by atomic mass is 35.5. The highest BCUT2D eigenvalue weighted by Gasteiger charge is 2.42. The fourth-order valence-electron chi connectivity index (χ4n) is 4.34. The maximum atomic E-state index is 6.41. The van der Waals surface area contributed by atoms with E-state index in [9.17, 15) is 0 Å². The zero-order valence-corrected chi connectivity index (χ0v) is 13.0. The van der Waals surface area contributed by atoms with Crippen molar-refractivity contribution >= 4 is 17.4 Å². The van der Waals surface area contributed by atoms with Gasteiger partial charge in [0, 0.05) is 29.1 Å². The van der Waals surface area contributed by atoms with E-state index in [-0.39, 0.29) is 0 Å². The number of halogens is 1. The van der Waals surface area contributed by atoms with Gasteiger partial charge >= 0.3 is 0 Å². The molecule has 1 aromatic carbocycles. The minimum Gasteiger partial charge on any atom is -0.383 e. The van der Waals surface area contributed by atoms with Crippen LogP contribution in [-0.4, -0.2) is 9.78 Å². The van der Waals surface area contributed by atoms with Gasteiger partial charge in [-0.1, -0.05) is 36.2 Å². The van der Waals surface area contributed by atoms with E-state index in [1.807, 2.05) is 31.3 Å². The minimum atomic E-state index is 0.554. The second-order valence-electron chi connectivity index (χ2n) is 6.53. The summed E-state index contributed by atoms with van der Waals surface area (Å²) in [7, 11) is 1.92. The smallest absolute Gasteiger partial charge is 0.129 e. The largest absolute Gasteiger partial charge is 0.383 e. The van der Waals surface area contributed by atoms with Gasteiger partial charge in [0.2, 0.25) is 0 Å². The van der Waals surface area contributed by atoms with Gasteiger partial charge in [0.05, 0.1) is 5.69 Å². The normalized spacial score (nSPS) is 27.4. The summed E-state index contributed by atoms with van der Waals surface area (Å²) >= 11 is 6.41. The Bertz CT molecular complexity index is 691. The first-order valence-corrected chi connectivity index (χ1v) is 8.10. The summed E-state index contributed by atoms with van der Waals surface area (Å²) in [6, 6.07) is 7.94. The van der Waals surface area contributed by atoms with E-state index in [0.717, 1.165) is 39.5 Å². The number of hydrogen-bond donors (Lipinski definition) is 1. The van der Waals surface area contributed by atoms with E-state index >= 15 is 0 Å². The molecule has 2 aliphatic carbocycles. The van der Waals surface area contributed by atoms with E-state index in [0.29, 0.717) is 5.92 Å². The van der Waals surface area contributed by atoms with Crippen LogP contribution in [-0.2, 0) is 7.05 Å². The van der Waals surface area contributed by atoms with Gasteiger partial charge in [0.25, 0.3) is 0 Å². The molecule has 2 aromatic rings. The molecular weight excluding hydrogens is 282 g/mol. The first-order chi connectivity index (χ1) is 10.1. The minimum absolute atomic E-state index is 0.554.